The van der Waals surface area contributed by atoms with Gasteiger partial charge in [-0.25, -0.2) is 13.2 Å². The maximum atomic E-state index is 13.0. The van der Waals surface area contributed by atoms with Crippen molar-refractivity contribution in [1.82, 2.24) is 0 Å². The molecule has 4 rings (SSSR count). The number of sulfonamides is 1. The minimum Gasteiger partial charge on any atom is -0.465 e. The molecule has 0 radical (unpaired) electrons. The number of nitrogens with one attached hydrogen (secondary N) is 2. The van der Waals surface area contributed by atoms with E-state index in [-0.39, 0.29) is 16.0 Å². The summed E-state index contributed by atoms with van der Waals surface area (Å²) in [6, 6.07) is 27.5. The fourth-order valence-corrected chi connectivity index (χ4v) is 4.41. The van der Waals surface area contributed by atoms with Crippen molar-refractivity contribution in [2.75, 3.05) is 17.1 Å². The average molecular weight is 503 g/mol. The van der Waals surface area contributed by atoms with Gasteiger partial charge in [0.25, 0.3) is 15.9 Å². The number of hydrogen-bond acceptors (Lipinski definition) is 6. The summed E-state index contributed by atoms with van der Waals surface area (Å²) in [6.07, 6.45) is 0. The monoisotopic (exact) mass is 502 g/mol. The van der Waals surface area contributed by atoms with E-state index < -0.39 is 21.9 Å². The van der Waals surface area contributed by atoms with Crippen LogP contribution < -0.4 is 14.8 Å². The number of hydrogen-bond donors (Lipinski definition) is 2. The molecular formula is C27H22N2O6S. The number of anilines is 2. The van der Waals surface area contributed by atoms with Gasteiger partial charge in [-0.05, 0) is 60.7 Å². The number of ether oxygens (including phenoxy) is 2. The van der Waals surface area contributed by atoms with Crippen LogP contribution in [0.4, 0.5) is 11.4 Å². The molecule has 0 spiro atoms. The van der Waals surface area contributed by atoms with Crippen LogP contribution in [0.25, 0.3) is 0 Å². The number of benzene rings is 4. The number of amides is 1. The highest BCUT2D eigenvalue weighted by atomic mass is 32.2. The first kappa shape index (κ1) is 24.5. The number of esters is 1. The first-order chi connectivity index (χ1) is 17.3. The third-order valence-corrected chi connectivity index (χ3v) is 6.39. The quantitative estimate of drug-likeness (QED) is 0.316. The van der Waals surface area contributed by atoms with E-state index in [2.05, 4.69) is 14.8 Å². The highest BCUT2D eigenvalue weighted by molar-refractivity contribution is 7.92. The molecule has 0 aliphatic carbocycles. The summed E-state index contributed by atoms with van der Waals surface area (Å²) < 4.78 is 39.0. The Bertz CT molecular complexity index is 1500. The predicted molar refractivity (Wildman–Crippen MR) is 136 cm³/mol. The first-order valence-electron chi connectivity index (χ1n) is 10.8. The van der Waals surface area contributed by atoms with E-state index in [1.54, 1.807) is 54.6 Å². The minimum atomic E-state index is -4.00. The second-order valence-corrected chi connectivity index (χ2v) is 9.29. The Balaban J connectivity index is 1.50. The van der Waals surface area contributed by atoms with Crippen LogP contribution in [0, 0.1) is 0 Å². The van der Waals surface area contributed by atoms with Gasteiger partial charge in [0.05, 0.1) is 23.3 Å². The summed E-state index contributed by atoms with van der Waals surface area (Å²) in [7, 11) is -2.74. The Kier molecular flexibility index (Phi) is 7.31. The average Bonchev–Trinajstić information content (AvgIpc) is 2.89. The molecule has 9 heteroatoms. The fourth-order valence-electron chi connectivity index (χ4n) is 3.31. The summed E-state index contributed by atoms with van der Waals surface area (Å²) in [5, 5.41) is 2.66. The van der Waals surface area contributed by atoms with Gasteiger partial charge < -0.3 is 14.8 Å². The predicted octanol–water partition coefficient (Wildman–Crippen LogP) is 5.32. The smallest absolute Gasteiger partial charge is 0.337 e. The van der Waals surface area contributed by atoms with Crippen molar-refractivity contribution < 1.29 is 27.5 Å². The summed E-state index contributed by atoms with van der Waals surface area (Å²) in [6.45, 7) is 0. The fraction of sp³-hybridized carbons (Fsp3) is 0.0370. The molecule has 0 atom stereocenters. The Morgan fingerprint density at radius 3 is 2.14 bits per heavy atom. The highest BCUT2D eigenvalue weighted by Gasteiger charge is 2.17. The third kappa shape index (κ3) is 6.08. The van der Waals surface area contributed by atoms with Gasteiger partial charge in [-0.3, -0.25) is 9.52 Å². The molecule has 0 unspecified atom stereocenters. The normalized spacial score (nSPS) is 10.8. The molecule has 2 N–H and O–H groups in total. The van der Waals surface area contributed by atoms with E-state index >= 15 is 0 Å². The number of carbonyl (C=O) groups excluding carboxylic acids is 2. The zero-order chi connectivity index (χ0) is 25.5. The topological polar surface area (TPSA) is 111 Å². The molecule has 0 bridgehead atoms. The molecule has 0 saturated carbocycles. The van der Waals surface area contributed by atoms with Crippen molar-refractivity contribution in [3.05, 3.63) is 114 Å². The van der Waals surface area contributed by atoms with Crippen LogP contribution in [0.3, 0.4) is 0 Å². The molecule has 0 heterocycles. The first-order valence-corrected chi connectivity index (χ1v) is 12.3. The van der Waals surface area contributed by atoms with Gasteiger partial charge in [0, 0.05) is 17.3 Å². The molecule has 0 aromatic heterocycles. The molecular weight excluding hydrogens is 480 g/mol. The van der Waals surface area contributed by atoms with E-state index in [1.807, 2.05) is 18.2 Å². The minimum absolute atomic E-state index is 0.0900. The van der Waals surface area contributed by atoms with Gasteiger partial charge in [0.15, 0.2) is 0 Å². The molecule has 0 aliphatic rings. The van der Waals surface area contributed by atoms with Gasteiger partial charge >= 0.3 is 5.97 Å². The van der Waals surface area contributed by atoms with Crippen molar-refractivity contribution in [2.45, 2.75) is 4.90 Å². The Morgan fingerprint density at radius 1 is 0.694 bits per heavy atom. The lowest BCUT2D eigenvalue weighted by Gasteiger charge is -2.12. The Hall–Kier alpha value is -4.63. The zero-order valence-electron chi connectivity index (χ0n) is 19.2. The second-order valence-electron chi connectivity index (χ2n) is 7.60. The van der Waals surface area contributed by atoms with E-state index in [0.717, 1.165) is 0 Å². The van der Waals surface area contributed by atoms with Crippen molar-refractivity contribution in [1.29, 1.82) is 0 Å². The largest absolute Gasteiger partial charge is 0.465 e. The number of para-hydroxylation sites is 1. The van der Waals surface area contributed by atoms with Crippen LogP contribution in [-0.4, -0.2) is 27.4 Å². The lowest BCUT2D eigenvalue weighted by molar-refractivity contribution is 0.0600. The lowest BCUT2D eigenvalue weighted by atomic mass is 10.1. The molecule has 8 nitrogen and oxygen atoms in total. The highest BCUT2D eigenvalue weighted by Crippen LogP contribution is 2.26. The molecule has 182 valence electrons. The van der Waals surface area contributed by atoms with Crippen LogP contribution in [0.1, 0.15) is 20.7 Å². The Morgan fingerprint density at radius 2 is 1.36 bits per heavy atom. The van der Waals surface area contributed by atoms with Gasteiger partial charge in [-0.15, -0.1) is 0 Å². The number of rotatable bonds is 8. The maximum absolute atomic E-state index is 13.0. The van der Waals surface area contributed by atoms with Crippen LogP contribution in [0.2, 0.25) is 0 Å². The van der Waals surface area contributed by atoms with Crippen molar-refractivity contribution in [2.24, 2.45) is 0 Å². The summed E-state index contributed by atoms with van der Waals surface area (Å²) >= 11 is 0. The Labute approximate surface area is 208 Å². The van der Waals surface area contributed by atoms with E-state index in [1.165, 1.54) is 37.4 Å². The summed E-state index contributed by atoms with van der Waals surface area (Å²) in [5.74, 6) is 0.00730. The third-order valence-electron chi connectivity index (χ3n) is 5.01. The zero-order valence-corrected chi connectivity index (χ0v) is 20.0. The molecule has 36 heavy (non-hydrogen) atoms. The van der Waals surface area contributed by atoms with Gasteiger partial charge in [0.1, 0.15) is 11.5 Å². The summed E-state index contributed by atoms with van der Waals surface area (Å²) in [5.41, 5.74) is 1.07. The SMILES string of the molecule is COC(=O)c1cccc(NC(=O)c2cccc(S(=O)(=O)Nc3cccc(Oc4ccccc4)c3)c2)c1. The second kappa shape index (κ2) is 10.7. The molecule has 4 aromatic rings. The van der Waals surface area contributed by atoms with Gasteiger partial charge in [-0.2, -0.15) is 0 Å². The molecule has 0 fully saturated rings. The standard InChI is InChI=1S/C27H22N2O6S/c1-34-27(31)20-9-5-10-21(16-20)28-26(30)19-8-6-15-25(17-19)36(32,33)29-22-11-7-14-24(18-22)35-23-12-3-2-4-13-23/h2-18,29H,1H3,(H,28,30). The van der Waals surface area contributed by atoms with Gasteiger partial charge in [0.2, 0.25) is 0 Å². The van der Waals surface area contributed by atoms with Crippen LogP contribution in [-0.2, 0) is 14.8 Å². The molecule has 0 saturated heterocycles. The van der Waals surface area contributed by atoms with Crippen molar-refractivity contribution in [3.63, 3.8) is 0 Å². The van der Waals surface area contributed by atoms with Crippen molar-refractivity contribution in [3.8, 4) is 11.5 Å². The number of carbonyl (C=O) groups is 2. The number of methoxy groups -OCH3 is 1. The maximum Gasteiger partial charge on any atom is 0.337 e. The van der Waals surface area contributed by atoms with Crippen LogP contribution >= 0.6 is 0 Å². The van der Waals surface area contributed by atoms with Crippen molar-refractivity contribution >= 4 is 33.3 Å². The molecule has 0 aliphatic heterocycles. The van der Waals surface area contributed by atoms with Crippen LogP contribution in [0.5, 0.6) is 11.5 Å². The van der Waals surface area contributed by atoms with E-state index in [0.29, 0.717) is 22.9 Å². The molecule has 1 amide bonds. The van der Waals surface area contributed by atoms with Gasteiger partial charge in [-0.1, -0.05) is 36.4 Å². The molecule has 4 aromatic carbocycles. The van der Waals surface area contributed by atoms with E-state index in [4.69, 9.17) is 4.74 Å². The van der Waals surface area contributed by atoms with E-state index in [9.17, 15) is 18.0 Å². The summed E-state index contributed by atoms with van der Waals surface area (Å²) in [4.78, 5) is 24.4. The van der Waals surface area contributed by atoms with Crippen LogP contribution in [0.15, 0.2) is 108 Å². The lowest BCUT2D eigenvalue weighted by Crippen LogP contribution is -2.16.